The van der Waals surface area contributed by atoms with E-state index in [4.69, 9.17) is 4.74 Å². The Kier molecular flexibility index (Phi) is 6.57. The van der Waals surface area contributed by atoms with Gasteiger partial charge in [0.25, 0.3) is 0 Å². The first kappa shape index (κ1) is 19.7. The third kappa shape index (κ3) is 4.72. The summed E-state index contributed by atoms with van der Waals surface area (Å²) in [7, 11) is 4.80. The first-order valence-corrected chi connectivity index (χ1v) is 8.43. The molecule has 1 saturated heterocycles. The molecule has 1 aromatic carbocycles. The Labute approximate surface area is 153 Å². The monoisotopic (exact) mass is 362 g/mol. The highest BCUT2D eigenvalue weighted by atomic mass is 16.5. The van der Waals surface area contributed by atoms with Gasteiger partial charge in [0.05, 0.1) is 6.61 Å². The number of amides is 4. The lowest BCUT2D eigenvalue weighted by atomic mass is 10.2. The molecule has 0 spiro atoms. The molecule has 0 radical (unpaired) electrons. The lowest BCUT2D eigenvalue weighted by molar-refractivity contribution is -0.132. The fourth-order valence-electron chi connectivity index (χ4n) is 2.73. The number of carbonyl (C=O) groups is 3. The van der Waals surface area contributed by atoms with Crippen molar-refractivity contribution in [1.82, 2.24) is 14.7 Å². The number of aryl methyl sites for hydroxylation is 1. The molecule has 1 aliphatic rings. The predicted molar refractivity (Wildman–Crippen MR) is 97.8 cm³/mol. The van der Waals surface area contributed by atoms with E-state index in [1.165, 1.54) is 14.7 Å². The number of carbonyl (C=O) groups excluding carboxylic acids is 3. The molecule has 1 aromatic rings. The summed E-state index contributed by atoms with van der Waals surface area (Å²) >= 11 is 0. The minimum absolute atomic E-state index is 0.0149. The van der Waals surface area contributed by atoms with Crippen molar-refractivity contribution in [1.29, 1.82) is 0 Å². The Bertz CT molecular complexity index is 677. The first-order valence-electron chi connectivity index (χ1n) is 8.43. The Morgan fingerprint density at radius 3 is 2.62 bits per heavy atom. The number of hydrogen-bond acceptors (Lipinski definition) is 4. The molecule has 8 nitrogen and oxygen atoms in total. The van der Waals surface area contributed by atoms with E-state index in [2.05, 4.69) is 0 Å². The molecule has 4 amide bonds. The van der Waals surface area contributed by atoms with Gasteiger partial charge in [0, 0.05) is 33.4 Å². The quantitative estimate of drug-likeness (QED) is 0.749. The van der Waals surface area contributed by atoms with Gasteiger partial charge in [-0.25, -0.2) is 4.79 Å². The molecule has 0 bridgehead atoms. The number of methoxy groups -OCH3 is 1. The summed E-state index contributed by atoms with van der Waals surface area (Å²) in [6.07, 6.45) is 0. The zero-order valence-corrected chi connectivity index (χ0v) is 15.8. The average molecular weight is 362 g/mol. The molecule has 142 valence electrons. The molecule has 0 atom stereocenters. The minimum atomic E-state index is -0.267. The maximum Gasteiger partial charge on any atom is 0.320 e. The van der Waals surface area contributed by atoms with Crippen molar-refractivity contribution in [3.63, 3.8) is 0 Å². The molecule has 0 saturated carbocycles. The summed E-state index contributed by atoms with van der Waals surface area (Å²) in [6, 6.07) is 7.32. The van der Waals surface area contributed by atoms with Gasteiger partial charge < -0.3 is 19.4 Å². The molecule has 1 fully saturated rings. The van der Waals surface area contributed by atoms with Crippen LogP contribution in [0.25, 0.3) is 0 Å². The van der Waals surface area contributed by atoms with Crippen molar-refractivity contribution in [2.75, 3.05) is 59.0 Å². The molecule has 26 heavy (non-hydrogen) atoms. The van der Waals surface area contributed by atoms with Gasteiger partial charge in [0.1, 0.15) is 19.8 Å². The maximum atomic E-state index is 12.6. The third-order valence-electron chi connectivity index (χ3n) is 4.15. The summed E-state index contributed by atoms with van der Waals surface area (Å²) in [4.78, 5) is 43.1. The summed E-state index contributed by atoms with van der Waals surface area (Å²) in [5, 5.41) is 0. The van der Waals surface area contributed by atoms with Gasteiger partial charge >= 0.3 is 6.03 Å². The van der Waals surface area contributed by atoms with E-state index in [1.54, 1.807) is 26.1 Å². The molecule has 0 unspecified atom stereocenters. The van der Waals surface area contributed by atoms with Crippen LogP contribution in [0.15, 0.2) is 24.3 Å². The Hall–Kier alpha value is -2.61. The maximum absolute atomic E-state index is 12.6. The number of rotatable bonds is 6. The third-order valence-corrected chi connectivity index (χ3v) is 4.15. The number of nitrogens with zero attached hydrogens (tertiary/aromatic N) is 4. The van der Waals surface area contributed by atoms with E-state index < -0.39 is 0 Å². The molecular formula is C18H26N4O4. The highest BCUT2D eigenvalue weighted by Crippen LogP contribution is 2.20. The van der Waals surface area contributed by atoms with Gasteiger partial charge in [-0.15, -0.1) is 0 Å². The van der Waals surface area contributed by atoms with Gasteiger partial charge in [-0.1, -0.05) is 12.1 Å². The van der Waals surface area contributed by atoms with E-state index >= 15 is 0 Å². The molecular weight excluding hydrogens is 336 g/mol. The summed E-state index contributed by atoms with van der Waals surface area (Å²) in [6.45, 7) is 2.71. The van der Waals surface area contributed by atoms with Crippen LogP contribution in [0.4, 0.5) is 10.5 Å². The fraction of sp³-hybridized carbons (Fsp3) is 0.500. The fourth-order valence-corrected chi connectivity index (χ4v) is 2.73. The van der Waals surface area contributed by atoms with Gasteiger partial charge in [-0.3, -0.25) is 14.5 Å². The van der Waals surface area contributed by atoms with Crippen molar-refractivity contribution < 1.29 is 19.1 Å². The summed E-state index contributed by atoms with van der Waals surface area (Å²) < 4.78 is 5.01. The SMILES string of the molecule is COCCN(CC(=O)N1CC(=O)N(c2cccc(C)c2)C1)C(=O)N(C)C. The number of benzene rings is 1. The second-order valence-corrected chi connectivity index (χ2v) is 6.49. The van der Waals surface area contributed by atoms with Crippen LogP contribution < -0.4 is 4.90 Å². The van der Waals surface area contributed by atoms with Crippen LogP contribution in [0.5, 0.6) is 0 Å². The highest BCUT2D eigenvalue weighted by Gasteiger charge is 2.33. The molecule has 0 aromatic heterocycles. The van der Waals surface area contributed by atoms with Crippen molar-refractivity contribution >= 4 is 23.5 Å². The van der Waals surface area contributed by atoms with E-state index in [9.17, 15) is 14.4 Å². The smallest absolute Gasteiger partial charge is 0.320 e. The topological polar surface area (TPSA) is 73.4 Å². The first-order chi connectivity index (χ1) is 12.3. The zero-order chi connectivity index (χ0) is 19.3. The van der Waals surface area contributed by atoms with Crippen LogP contribution in [0, 0.1) is 6.92 Å². The van der Waals surface area contributed by atoms with Gasteiger partial charge in [-0.2, -0.15) is 0 Å². The summed E-state index contributed by atoms with van der Waals surface area (Å²) in [5.41, 5.74) is 1.81. The largest absolute Gasteiger partial charge is 0.383 e. The highest BCUT2D eigenvalue weighted by molar-refractivity contribution is 6.00. The van der Waals surface area contributed by atoms with Crippen molar-refractivity contribution in [2.24, 2.45) is 0 Å². The van der Waals surface area contributed by atoms with Crippen molar-refractivity contribution in [3.05, 3.63) is 29.8 Å². The normalized spacial score (nSPS) is 13.9. The molecule has 2 rings (SSSR count). The Balaban J connectivity index is 2.04. The molecule has 0 N–H and O–H groups in total. The van der Waals surface area contributed by atoms with E-state index in [0.717, 1.165) is 11.3 Å². The molecule has 0 aliphatic carbocycles. The van der Waals surface area contributed by atoms with Gasteiger partial charge in [-0.05, 0) is 24.6 Å². The second-order valence-electron chi connectivity index (χ2n) is 6.49. The Morgan fingerprint density at radius 1 is 1.27 bits per heavy atom. The zero-order valence-electron chi connectivity index (χ0n) is 15.8. The lowest BCUT2D eigenvalue weighted by Gasteiger charge is -2.27. The predicted octanol–water partition coefficient (Wildman–Crippen LogP) is 0.758. The average Bonchev–Trinajstić information content (AvgIpc) is 2.99. The molecule has 8 heteroatoms. The second kappa shape index (κ2) is 8.66. The number of urea groups is 1. The van der Waals surface area contributed by atoms with E-state index in [1.807, 2.05) is 31.2 Å². The van der Waals surface area contributed by atoms with Crippen LogP contribution in [0.1, 0.15) is 5.56 Å². The van der Waals surface area contributed by atoms with Crippen LogP contribution in [-0.2, 0) is 14.3 Å². The van der Waals surface area contributed by atoms with Crippen LogP contribution in [0.2, 0.25) is 0 Å². The molecule has 1 aliphatic heterocycles. The number of ether oxygens (including phenoxy) is 1. The van der Waals surface area contributed by atoms with Crippen LogP contribution in [-0.4, -0.2) is 86.7 Å². The lowest BCUT2D eigenvalue weighted by Crippen LogP contribution is -2.47. The number of anilines is 1. The van der Waals surface area contributed by atoms with Crippen molar-refractivity contribution in [2.45, 2.75) is 6.92 Å². The number of hydrogen-bond donors (Lipinski definition) is 0. The summed E-state index contributed by atoms with van der Waals surface area (Å²) in [5.74, 6) is -0.397. The van der Waals surface area contributed by atoms with Crippen molar-refractivity contribution in [3.8, 4) is 0 Å². The van der Waals surface area contributed by atoms with Crippen LogP contribution in [0.3, 0.4) is 0 Å². The standard InChI is InChI=1S/C18H26N4O4/c1-14-6-5-7-15(10-14)22-13-21(12-17(22)24)16(23)11-20(8-9-26-4)18(25)19(2)3/h5-7,10H,8-9,11-13H2,1-4H3. The van der Waals surface area contributed by atoms with E-state index in [-0.39, 0.29) is 37.6 Å². The Morgan fingerprint density at radius 2 is 2.00 bits per heavy atom. The van der Waals surface area contributed by atoms with Crippen LogP contribution >= 0.6 is 0 Å². The van der Waals surface area contributed by atoms with E-state index in [0.29, 0.717) is 13.2 Å². The van der Waals surface area contributed by atoms with Gasteiger partial charge in [0.2, 0.25) is 11.8 Å². The minimum Gasteiger partial charge on any atom is -0.383 e. The molecule has 1 heterocycles. The van der Waals surface area contributed by atoms with Gasteiger partial charge in [0.15, 0.2) is 0 Å².